The van der Waals surface area contributed by atoms with Crippen LogP contribution in [0.3, 0.4) is 0 Å². The predicted octanol–water partition coefficient (Wildman–Crippen LogP) is 3.44. The van der Waals surface area contributed by atoms with Crippen molar-refractivity contribution in [3.05, 3.63) is 33.5 Å². The van der Waals surface area contributed by atoms with Gasteiger partial charge in [0.05, 0.1) is 0 Å². The summed E-state index contributed by atoms with van der Waals surface area (Å²) in [4.78, 5) is 3.18. The summed E-state index contributed by atoms with van der Waals surface area (Å²) in [7, 11) is 0. The summed E-state index contributed by atoms with van der Waals surface area (Å²) >= 11 is 2.02. The third-order valence-corrected chi connectivity index (χ3v) is 4.83. The first-order valence-electron chi connectivity index (χ1n) is 6.42. The maximum Gasteiger partial charge on any atom is 0.0305 e. The van der Waals surface area contributed by atoms with Gasteiger partial charge >= 0.3 is 0 Å². The molecule has 2 heteroatoms. The van der Waals surface area contributed by atoms with Gasteiger partial charge < -0.3 is 5.32 Å². The number of hydrogen-bond donors (Lipinski definition) is 1. The predicted molar refractivity (Wildman–Crippen MR) is 70.0 cm³/mol. The second-order valence-corrected chi connectivity index (χ2v) is 6.08. The Morgan fingerprint density at radius 3 is 3.12 bits per heavy atom. The van der Waals surface area contributed by atoms with E-state index in [2.05, 4.69) is 23.5 Å². The quantitative estimate of drug-likeness (QED) is 0.789. The third-order valence-electron chi connectivity index (χ3n) is 3.59. The van der Waals surface area contributed by atoms with Crippen LogP contribution in [-0.2, 0) is 19.4 Å². The van der Waals surface area contributed by atoms with Crippen LogP contribution in [-0.4, -0.2) is 6.04 Å². The zero-order chi connectivity index (χ0) is 10.8. The summed E-state index contributed by atoms with van der Waals surface area (Å²) in [5, 5.41) is 3.65. The first kappa shape index (κ1) is 10.5. The van der Waals surface area contributed by atoms with Gasteiger partial charge in [0.15, 0.2) is 0 Å². The minimum absolute atomic E-state index is 0.616. The van der Waals surface area contributed by atoms with Gasteiger partial charge in [0.2, 0.25) is 0 Å². The highest BCUT2D eigenvalue weighted by atomic mass is 32.1. The highest BCUT2D eigenvalue weighted by molar-refractivity contribution is 7.12. The lowest BCUT2D eigenvalue weighted by Gasteiger charge is -2.17. The lowest BCUT2D eigenvalue weighted by atomic mass is 10.0. The Kier molecular flexibility index (Phi) is 3.11. The first-order chi connectivity index (χ1) is 7.92. The summed E-state index contributed by atoms with van der Waals surface area (Å²) in [5.74, 6) is 0. The molecule has 1 atom stereocenters. The maximum atomic E-state index is 3.65. The van der Waals surface area contributed by atoms with Crippen molar-refractivity contribution in [3.8, 4) is 0 Å². The molecule has 0 aromatic carbocycles. The van der Waals surface area contributed by atoms with Crippen molar-refractivity contribution < 1.29 is 0 Å². The van der Waals surface area contributed by atoms with Crippen LogP contribution in [0.4, 0.5) is 0 Å². The Bertz CT molecular complexity index is 370. The van der Waals surface area contributed by atoms with Gasteiger partial charge in [-0.1, -0.05) is 12.2 Å². The van der Waals surface area contributed by atoms with Crippen molar-refractivity contribution in [1.29, 1.82) is 0 Å². The molecule has 0 aliphatic heterocycles. The normalized spacial score (nSPS) is 23.6. The minimum atomic E-state index is 0.616. The van der Waals surface area contributed by atoms with Gasteiger partial charge in [0, 0.05) is 22.3 Å². The first-order valence-corrected chi connectivity index (χ1v) is 7.24. The maximum absolute atomic E-state index is 3.65. The van der Waals surface area contributed by atoms with Crippen LogP contribution in [0.2, 0.25) is 0 Å². The smallest absolute Gasteiger partial charge is 0.0305 e. The van der Waals surface area contributed by atoms with Crippen LogP contribution < -0.4 is 5.32 Å². The van der Waals surface area contributed by atoms with Gasteiger partial charge in [-0.25, -0.2) is 0 Å². The van der Waals surface area contributed by atoms with E-state index in [1.54, 1.807) is 10.4 Å². The van der Waals surface area contributed by atoms with E-state index in [9.17, 15) is 0 Å². The van der Waals surface area contributed by atoms with Gasteiger partial charge in [0.1, 0.15) is 0 Å². The average Bonchev–Trinajstić information content (AvgIpc) is 2.88. The molecule has 2 aliphatic rings. The van der Waals surface area contributed by atoms with E-state index in [1.807, 2.05) is 11.3 Å². The Morgan fingerprint density at radius 2 is 2.31 bits per heavy atom. The largest absolute Gasteiger partial charge is 0.306 e. The molecule has 86 valence electrons. The van der Waals surface area contributed by atoms with Gasteiger partial charge in [-0.15, -0.1) is 11.3 Å². The highest BCUT2D eigenvalue weighted by Crippen LogP contribution is 2.30. The standard InChI is InChI=1S/C14H19NS/c1-2-6-12(7-3-1)15-10-13-9-11-5-4-8-14(11)16-13/h2,6,9,12,15H,1,3-5,7-8,10H2. The van der Waals surface area contributed by atoms with Gasteiger partial charge in [0.25, 0.3) is 0 Å². The molecule has 1 nitrogen and oxygen atoms in total. The molecule has 3 rings (SSSR count). The fraction of sp³-hybridized carbons (Fsp3) is 0.571. The average molecular weight is 233 g/mol. The molecule has 1 heterocycles. The molecule has 0 saturated carbocycles. The minimum Gasteiger partial charge on any atom is -0.306 e. The zero-order valence-electron chi connectivity index (χ0n) is 9.67. The van der Waals surface area contributed by atoms with Gasteiger partial charge in [-0.2, -0.15) is 0 Å². The summed E-state index contributed by atoms with van der Waals surface area (Å²) in [5.41, 5.74) is 1.63. The fourth-order valence-corrected chi connectivity index (χ4v) is 3.90. The molecular weight excluding hydrogens is 214 g/mol. The van der Waals surface area contributed by atoms with E-state index < -0.39 is 0 Å². The van der Waals surface area contributed by atoms with E-state index in [0.29, 0.717) is 6.04 Å². The number of fused-ring (bicyclic) bond motifs is 1. The number of rotatable bonds is 3. The molecule has 1 N–H and O–H groups in total. The third kappa shape index (κ3) is 2.23. The summed E-state index contributed by atoms with van der Waals surface area (Å²) in [6.45, 7) is 1.06. The van der Waals surface area contributed by atoms with Crippen LogP contribution in [0.25, 0.3) is 0 Å². The van der Waals surface area contributed by atoms with E-state index in [0.717, 1.165) is 6.54 Å². The number of aryl methyl sites for hydroxylation is 2. The molecule has 1 unspecified atom stereocenters. The lowest BCUT2D eigenvalue weighted by molar-refractivity contribution is 0.525. The van der Waals surface area contributed by atoms with E-state index in [-0.39, 0.29) is 0 Å². The fourth-order valence-electron chi connectivity index (χ4n) is 2.69. The molecule has 2 aliphatic carbocycles. The molecule has 0 radical (unpaired) electrons. The Morgan fingerprint density at radius 1 is 1.31 bits per heavy atom. The van der Waals surface area contributed by atoms with Crippen molar-refractivity contribution in [1.82, 2.24) is 5.32 Å². The molecule has 0 spiro atoms. The van der Waals surface area contributed by atoms with E-state index in [1.165, 1.54) is 43.4 Å². The summed E-state index contributed by atoms with van der Waals surface area (Å²) in [6.07, 6.45) is 12.6. The summed E-state index contributed by atoms with van der Waals surface area (Å²) < 4.78 is 0. The zero-order valence-corrected chi connectivity index (χ0v) is 10.5. The van der Waals surface area contributed by atoms with Crippen LogP contribution >= 0.6 is 11.3 Å². The monoisotopic (exact) mass is 233 g/mol. The van der Waals surface area contributed by atoms with Crippen molar-refractivity contribution >= 4 is 11.3 Å². The molecule has 1 aromatic rings. The van der Waals surface area contributed by atoms with Crippen LogP contribution in [0.5, 0.6) is 0 Å². The summed E-state index contributed by atoms with van der Waals surface area (Å²) in [6, 6.07) is 3.04. The van der Waals surface area contributed by atoms with Crippen molar-refractivity contribution in [2.45, 2.75) is 51.1 Å². The molecule has 0 bridgehead atoms. The lowest BCUT2D eigenvalue weighted by Crippen LogP contribution is -2.27. The van der Waals surface area contributed by atoms with Gasteiger partial charge in [-0.05, 0) is 50.2 Å². The van der Waals surface area contributed by atoms with Crippen molar-refractivity contribution in [3.63, 3.8) is 0 Å². The SMILES string of the molecule is C1=CC(NCc2cc3c(s2)CCC3)CCC1. The number of allylic oxidation sites excluding steroid dienone is 1. The number of hydrogen-bond acceptors (Lipinski definition) is 2. The van der Waals surface area contributed by atoms with Crippen molar-refractivity contribution in [2.75, 3.05) is 0 Å². The van der Waals surface area contributed by atoms with Crippen LogP contribution in [0, 0.1) is 0 Å². The topological polar surface area (TPSA) is 12.0 Å². The molecule has 0 saturated heterocycles. The van der Waals surface area contributed by atoms with Gasteiger partial charge in [-0.3, -0.25) is 0 Å². The molecule has 0 amide bonds. The number of thiophene rings is 1. The second-order valence-electron chi connectivity index (χ2n) is 4.86. The van der Waals surface area contributed by atoms with E-state index in [4.69, 9.17) is 0 Å². The van der Waals surface area contributed by atoms with Crippen LogP contribution in [0.1, 0.15) is 41.0 Å². The second kappa shape index (κ2) is 4.72. The van der Waals surface area contributed by atoms with Crippen molar-refractivity contribution in [2.24, 2.45) is 0 Å². The Balaban J connectivity index is 1.57. The molecule has 0 fully saturated rings. The molecule has 1 aromatic heterocycles. The molecule has 16 heavy (non-hydrogen) atoms. The highest BCUT2D eigenvalue weighted by Gasteiger charge is 2.15. The van der Waals surface area contributed by atoms with Crippen LogP contribution in [0.15, 0.2) is 18.2 Å². The Hall–Kier alpha value is -0.600. The van der Waals surface area contributed by atoms with E-state index >= 15 is 0 Å². The Labute approximate surface area is 102 Å². The molecular formula is C14H19NS. The number of nitrogens with one attached hydrogen (secondary N) is 1.